The van der Waals surface area contributed by atoms with Crippen molar-refractivity contribution in [2.75, 3.05) is 13.6 Å². The van der Waals surface area contributed by atoms with Gasteiger partial charge in [0.05, 0.1) is 0 Å². The quantitative estimate of drug-likeness (QED) is 0.566. The predicted molar refractivity (Wildman–Crippen MR) is 111 cm³/mol. The normalized spacial score (nSPS) is 32.6. The molecule has 2 saturated carbocycles. The molecule has 0 aromatic rings. The summed E-state index contributed by atoms with van der Waals surface area (Å²) in [6.45, 7) is 4.66. The van der Waals surface area contributed by atoms with Gasteiger partial charge in [0.15, 0.2) is 5.96 Å². The Bertz CT molecular complexity index is 542. The van der Waals surface area contributed by atoms with Gasteiger partial charge in [-0.05, 0) is 43.9 Å². The fourth-order valence-electron chi connectivity index (χ4n) is 5.53. The highest BCUT2D eigenvalue weighted by atomic mass is 16.2. The van der Waals surface area contributed by atoms with Gasteiger partial charge in [0, 0.05) is 19.6 Å². The monoisotopic (exact) mass is 374 g/mol. The van der Waals surface area contributed by atoms with Crippen molar-refractivity contribution in [3.05, 3.63) is 12.7 Å². The second-order valence-corrected chi connectivity index (χ2v) is 9.09. The largest absolute Gasteiger partial charge is 0.342 e. The Hall–Kier alpha value is -1.36. The molecule has 1 heterocycles. The molecule has 152 valence electrons. The molecule has 2 aliphatic carbocycles. The van der Waals surface area contributed by atoms with Crippen LogP contribution in [0.5, 0.6) is 0 Å². The Morgan fingerprint density at radius 3 is 2.63 bits per heavy atom. The first-order valence-corrected chi connectivity index (χ1v) is 11.0. The average molecular weight is 375 g/mol. The van der Waals surface area contributed by atoms with Crippen molar-refractivity contribution in [1.29, 1.82) is 5.41 Å². The van der Waals surface area contributed by atoms with E-state index in [1.807, 2.05) is 6.08 Å². The van der Waals surface area contributed by atoms with E-state index in [0.29, 0.717) is 12.0 Å². The van der Waals surface area contributed by atoms with Gasteiger partial charge >= 0.3 is 0 Å². The van der Waals surface area contributed by atoms with Crippen molar-refractivity contribution in [2.45, 2.75) is 88.6 Å². The molecule has 3 N–H and O–H groups in total. The van der Waals surface area contributed by atoms with Crippen LogP contribution in [-0.2, 0) is 4.79 Å². The minimum atomic E-state index is -0.547. The Balaban J connectivity index is 1.65. The van der Waals surface area contributed by atoms with Gasteiger partial charge in [-0.3, -0.25) is 15.1 Å². The molecular formula is C22H38N4O. The highest BCUT2D eigenvalue weighted by Gasteiger charge is 2.49. The van der Waals surface area contributed by atoms with Crippen LogP contribution in [-0.4, -0.2) is 41.9 Å². The molecule has 3 atom stereocenters. The summed E-state index contributed by atoms with van der Waals surface area (Å²) in [6.07, 6.45) is 16.2. The SMILES string of the molecule is C=CCN[C@H]1CCC[C@@H](C[C@@]2(CCC3CCCCC3)NC(=N)N(C)C2=O)C1. The summed E-state index contributed by atoms with van der Waals surface area (Å²) in [5.74, 6) is 1.70. The molecule has 1 saturated heterocycles. The van der Waals surface area contributed by atoms with E-state index in [2.05, 4.69) is 17.2 Å². The molecule has 0 spiro atoms. The average Bonchev–Trinajstić information content (AvgIpc) is 2.90. The molecule has 5 nitrogen and oxygen atoms in total. The van der Waals surface area contributed by atoms with Crippen molar-refractivity contribution in [3.63, 3.8) is 0 Å². The minimum absolute atomic E-state index is 0.115. The molecule has 0 bridgehead atoms. The first kappa shape index (κ1) is 20.4. The van der Waals surface area contributed by atoms with Gasteiger partial charge in [0.25, 0.3) is 5.91 Å². The van der Waals surface area contributed by atoms with Crippen LogP contribution in [0.4, 0.5) is 0 Å². The summed E-state index contributed by atoms with van der Waals surface area (Å²) in [5, 5.41) is 15.1. The predicted octanol–water partition coefficient (Wildman–Crippen LogP) is 3.81. The number of hydrogen-bond acceptors (Lipinski definition) is 3. The zero-order valence-electron chi connectivity index (χ0n) is 17.1. The number of carbonyl (C=O) groups is 1. The molecule has 3 fully saturated rings. The van der Waals surface area contributed by atoms with Crippen molar-refractivity contribution in [3.8, 4) is 0 Å². The van der Waals surface area contributed by atoms with Crippen LogP contribution in [0.25, 0.3) is 0 Å². The van der Waals surface area contributed by atoms with Gasteiger partial charge in [-0.25, -0.2) is 0 Å². The van der Waals surface area contributed by atoms with E-state index in [1.54, 1.807) is 7.05 Å². The van der Waals surface area contributed by atoms with Gasteiger partial charge in [0.1, 0.15) is 5.54 Å². The second kappa shape index (κ2) is 9.22. The number of hydrogen-bond donors (Lipinski definition) is 3. The van der Waals surface area contributed by atoms with Crippen LogP contribution in [0, 0.1) is 17.2 Å². The summed E-state index contributed by atoms with van der Waals surface area (Å²) in [7, 11) is 1.75. The van der Waals surface area contributed by atoms with Gasteiger partial charge in [0.2, 0.25) is 0 Å². The number of nitrogens with one attached hydrogen (secondary N) is 3. The number of likely N-dealkylation sites (N-methyl/N-ethyl adjacent to an activating group) is 1. The fraction of sp³-hybridized carbons (Fsp3) is 0.818. The molecule has 0 aromatic heterocycles. The molecule has 3 aliphatic rings. The van der Waals surface area contributed by atoms with Crippen LogP contribution in [0.2, 0.25) is 0 Å². The summed E-state index contributed by atoms with van der Waals surface area (Å²) in [4.78, 5) is 14.7. The zero-order valence-corrected chi connectivity index (χ0v) is 17.1. The molecule has 27 heavy (non-hydrogen) atoms. The van der Waals surface area contributed by atoms with E-state index in [9.17, 15) is 4.79 Å². The van der Waals surface area contributed by atoms with E-state index >= 15 is 0 Å². The molecule has 0 unspecified atom stereocenters. The third-order valence-electron chi connectivity index (χ3n) is 7.08. The fourth-order valence-corrected chi connectivity index (χ4v) is 5.53. The van der Waals surface area contributed by atoms with Crippen molar-refractivity contribution < 1.29 is 4.79 Å². The van der Waals surface area contributed by atoms with Crippen molar-refractivity contribution >= 4 is 11.9 Å². The topological polar surface area (TPSA) is 68.2 Å². The molecule has 3 rings (SSSR count). The summed E-state index contributed by atoms with van der Waals surface area (Å²) in [6, 6.07) is 0.533. The van der Waals surface area contributed by atoms with E-state index in [0.717, 1.165) is 38.1 Å². The first-order valence-electron chi connectivity index (χ1n) is 11.0. The molecule has 0 aromatic carbocycles. The third kappa shape index (κ3) is 4.92. The van der Waals surface area contributed by atoms with E-state index < -0.39 is 5.54 Å². The van der Waals surface area contributed by atoms with Crippen molar-refractivity contribution in [2.24, 2.45) is 11.8 Å². The Labute approximate surface area is 164 Å². The molecule has 1 amide bonds. The molecule has 5 heteroatoms. The maximum atomic E-state index is 13.1. The maximum Gasteiger partial charge on any atom is 0.254 e. The highest BCUT2D eigenvalue weighted by Crippen LogP contribution is 2.38. The smallest absolute Gasteiger partial charge is 0.254 e. The zero-order chi connectivity index (χ0) is 19.3. The van der Waals surface area contributed by atoms with E-state index in [1.165, 1.54) is 56.3 Å². The second-order valence-electron chi connectivity index (χ2n) is 9.09. The van der Waals surface area contributed by atoms with Crippen LogP contribution < -0.4 is 10.6 Å². The maximum absolute atomic E-state index is 13.1. The standard InChI is InChI=1S/C22H38N4O/c1-3-14-24-19-11-7-10-18(15-19)16-22(20(27)26(2)21(23)25-22)13-12-17-8-5-4-6-9-17/h3,17-19,24H,1,4-16H2,2H3,(H2,23,25)/t18-,19+,22-/m1/s1. The Morgan fingerprint density at radius 1 is 1.22 bits per heavy atom. The van der Waals surface area contributed by atoms with E-state index in [-0.39, 0.29) is 11.9 Å². The lowest BCUT2D eigenvalue weighted by molar-refractivity contribution is -0.131. The van der Waals surface area contributed by atoms with Crippen molar-refractivity contribution in [1.82, 2.24) is 15.5 Å². The number of nitrogens with zero attached hydrogens (tertiary/aromatic N) is 1. The number of amides is 1. The lowest BCUT2D eigenvalue weighted by atomic mass is 9.74. The number of guanidine groups is 1. The third-order valence-corrected chi connectivity index (χ3v) is 7.08. The molecule has 1 aliphatic heterocycles. The molecule has 0 radical (unpaired) electrons. The lowest BCUT2D eigenvalue weighted by Crippen LogP contribution is -2.49. The van der Waals surface area contributed by atoms with E-state index in [4.69, 9.17) is 5.41 Å². The number of carbonyl (C=O) groups excluding carboxylic acids is 1. The Kier molecular flexibility index (Phi) is 6.96. The molecular weight excluding hydrogens is 336 g/mol. The van der Waals surface area contributed by atoms with Gasteiger partial charge < -0.3 is 10.6 Å². The summed E-state index contributed by atoms with van der Waals surface area (Å²) >= 11 is 0. The number of rotatable bonds is 8. The minimum Gasteiger partial charge on any atom is -0.342 e. The van der Waals surface area contributed by atoms with Gasteiger partial charge in [-0.2, -0.15) is 0 Å². The first-order chi connectivity index (χ1) is 13.0. The van der Waals surface area contributed by atoms with Crippen LogP contribution in [0.15, 0.2) is 12.7 Å². The van der Waals surface area contributed by atoms with Gasteiger partial charge in [-0.1, -0.05) is 51.0 Å². The van der Waals surface area contributed by atoms with Gasteiger partial charge in [-0.15, -0.1) is 6.58 Å². The summed E-state index contributed by atoms with van der Waals surface area (Å²) in [5.41, 5.74) is -0.547. The highest BCUT2D eigenvalue weighted by molar-refractivity contribution is 6.07. The van der Waals surface area contributed by atoms with Crippen LogP contribution >= 0.6 is 0 Å². The lowest BCUT2D eigenvalue weighted by Gasteiger charge is -2.36. The van der Waals surface area contributed by atoms with Crippen LogP contribution in [0.3, 0.4) is 0 Å². The summed E-state index contributed by atoms with van der Waals surface area (Å²) < 4.78 is 0. The van der Waals surface area contributed by atoms with Crippen LogP contribution in [0.1, 0.15) is 77.0 Å². The Morgan fingerprint density at radius 2 is 1.96 bits per heavy atom.